The summed E-state index contributed by atoms with van der Waals surface area (Å²) in [6, 6.07) is 0.522. The van der Waals surface area contributed by atoms with E-state index in [0.717, 1.165) is 32.5 Å². The standard InChI is InChI=1S/C13H26N2O2/c1-5-15(11-6-8-14-9-7-11)10-12(16)17-13(2,3)4/h11,14H,5-10H2,1-4H3. The Hall–Kier alpha value is -0.610. The van der Waals surface area contributed by atoms with Crippen LogP contribution >= 0.6 is 0 Å². The van der Waals surface area contributed by atoms with Crippen LogP contribution in [0.25, 0.3) is 0 Å². The SMILES string of the molecule is CCN(CC(=O)OC(C)(C)C)C1CCNCC1. The predicted molar refractivity (Wildman–Crippen MR) is 69.0 cm³/mol. The Labute approximate surface area is 105 Å². The normalized spacial score (nSPS) is 18.4. The molecular weight excluding hydrogens is 216 g/mol. The summed E-state index contributed by atoms with van der Waals surface area (Å²) in [6.07, 6.45) is 2.24. The van der Waals surface area contributed by atoms with Gasteiger partial charge < -0.3 is 10.1 Å². The van der Waals surface area contributed by atoms with E-state index in [-0.39, 0.29) is 11.6 Å². The molecule has 1 aliphatic heterocycles. The molecule has 0 bridgehead atoms. The van der Waals surface area contributed by atoms with E-state index in [1.807, 2.05) is 20.8 Å². The zero-order valence-electron chi connectivity index (χ0n) is 11.6. The summed E-state index contributed by atoms with van der Waals surface area (Å²) in [5.41, 5.74) is -0.384. The smallest absolute Gasteiger partial charge is 0.320 e. The molecule has 1 rings (SSSR count). The molecule has 0 aliphatic carbocycles. The first kappa shape index (κ1) is 14.5. The summed E-state index contributed by atoms with van der Waals surface area (Å²) in [6.45, 7) is 11.3. The van der Waals surface area contributed by atoms with E-state index < -0.39 is 0 Å². The second kappa shape index (κ2) is 6.36. The number of nitrogens with one attached hydrogen (secondary N) is 1. The summed E-state index contributed by atoms with van der Waals surface area (Å²) >= 11 is 0. The zero-order chi connectivity index (χ0) is 12.9. The van der Waals surface area contributed by atoms with Gasteiger partial charge in [0.05, 0.1) is 6.54 Å². The lowest BCUT2D eigenvalue weighted by molar-refractivity contribution is -0.156. The molecule has 0 unspecified atom stereocenters. The maximum Gasteiger partial charge on any atom is 0.320 e. The van der Waals surface area contributed by atoms with Gasteiger partial charge >= 0.3 is 5.97 Å². The van der Waals surface area contributed by atoms with Crippen LogP contribution in [0.5, 0.6) is 0 Å². The summed E-state index contributed by atoms with van der Waals surface area (Å²) in [5, 5.41) is 3.34. The number of carbonyl (C=O) groups excluding carboxylic acids is 1. The Morgan fingerprint density at radius 2 is 1.94 bits per heavy atom. The van der Waals surface area contributed by atoms with E-state index >= 15 is 0 Å². The molecule has 1 fully saturated rings. The molecule has 0 amide bonds. The Morgan fingerprint density at radius 1 is 1.35 bits per heavy atom. The van der Waals surface area contributed by atoms with Gasteiger partial charge in [0.1, 0.15) is 5.60 Å². The number of ether oxygens (including phenoxy) is 1. The van der Waals surface area contributed by atoms with Crippen molar-refractivity contribution in [1.29, 1.82) is 0 Å². The van der Waals surface area contributed by atoms with Gasteiger partial charge in [0, 0.05) is 6.04 Å². The monoisotopic (exact) mass is 242 g/mol. The highest BCUT2D eigenvalue weighted by Gasteiger charge is 2.24. The fraction of sp³-hybridized carbons (Fsp3) is 0.923. The van der Waals surface area contributed by atoms with E-state index in [0.29, 0.717) is 12.6 Å². The maximum absolute atomic E-state index is 11.8. The number of nitrogens with zero attached hydrogens (tertiary/aromatic N) is 1. The lowest BCUT2D eigenvalue weighted by Crippen LogP contribution is -2.46. The summed E-state index contributed by atoms with van der Waals surface area (Å²) in [5.74, 6) is -0.113. The molecule has 4 heteroatoms. The van der Waals surface area contributed by atoms with Gasteiger partial charge in [-0.25, -0.2) is 0 Å². The molecule has 100 valence electrons. The predicted octanol–water partition coefficient (Wildman–Crippen LogP) is 1.40. The molecule has 1 N–H and O–H groups in total. The van der Waals surface area contributed by atoms with Gasteiger partial charge in [-0.15, -0.1) is 0 Å². The van der Waals surface area contributed by atoms with Crippen molar-refractivity contribution in [1.82, 2.24) is 10.2 Å². The topological polar surface area (TPSA) is 41.6 Å². The third-order valence-corrected chi connectivity index (χ3v) is 2.98. The highest BCUT2D eigenvalue weighted by molar-refractivity contribution is 5.72. The number of hydrogen-bond acceptors (Lipinski definition) is 4. The van der Waals surface area contributed by atoms with Crippen molar-refractivity contribution >= 4 is 5.97 Å². The maximum atomic E-state index is 11.8. The Balaban J connectivity index is 2.42. The van der Waals surface area contributed by atoms with Crippen molar-refractivity contribution in [3.8, 4) is 0 Å². The fourth-order valence-electron chi connectivity index (χ4n) is 2.21. The van der Waals surface area contributed by atoms with E-state index in [4.69, 9.17) is 4.74 Å². The third-order valence-electron chi connectivity index (χ3n) is 2.98. The molecule has 1 aliphatic rings. The lowest BCUT2D eigenvalue weighted by atomic mass is 10.0. The van der Waals surface area contributed by atoms with Crippen LogP contribution in [-0.4, -0.2) is 48.7 Å². The van der Waals surface area contributed by atoms with Gasteiger partial charge in [-0.05, 0) is 53.2 Å². The first-order valence-corrected chi connectivity index (χ1v) is 6.59. The third kappa shape index (κ3) is 5.50. The minimum Gasteiger partial charge on any atom is -0.459 e. The van der Waals surface area contributed by atoms with Crippen molar-refractivity contribution in [2.75, 3.05) is 26.2 Å². The summed E-state index contributed by atoms with van der Waals surface area (Å²) < 4.78 is 5.36. The van der Waals surface area contributed by atoms with E-state index in [1.165, 1.54) is 0 Å². The first-order valence-electron chi connectivity index (χ1n) is 6.59. The number of carbonyl (C=O) groups is 1. The van der Waals surface area contributed by atoms with Gasteiger partial charge in [-0.2, -0.15) is 0 Å². The number of likely N-dealkylation sites (N-methyl/N-ethyl adjacent to an activating group) is 1. The van der Waals surface area contributed by atoms with E-state index in [2.05, 4.69) is 17.1 Å². The van der Waals surface area contributed by atoms with Crippen molar-refractivity contribution in [2.24, 2.45) is 0 Å². The fourth-order valence-corrected chi connectivity index (χ4v) is 2.21. The quantitative estimate of drug-likeness (QED) is 0.757. The lowest BCUT2D eigenvalue weighted by Gasteiger charge is -2.33. The Morgan fingerprint density at radius 3 is 2.41 bits per heavy atom. The molecule has 0 saturated carbocycles. The zero-order valence-corrected chi connectivity index (χ0v) is 11.6. The molecule has 4 nitrogen and oxygen atoms in total. The molecule has 0 aromatic heterocycles. The molecule has 0 atom stereocenters. The summed E-state index contributed by atoms with van der Waals surface area (Å²) in [7, 11) is 0. The second-order valence-corrected chi connectivity index (χ2v) is 5.63. The Bertz CT molecular complexity index is 242. The van der Waals surface area contributed by atoms with Crippen LogP contribution in [-0.2, 0) is 9.53 Å². The van der Waals surface area contributed by atoms with Crippen LogP contribution in [0.1, 0.15) is 40.5 Å². The Kier molecular flexibility index (Phi) is 5.40. The second-order valence-electron chi connectivity index (χ2n) is 5.63. The molecule has 0 radical (unpaired) electrons. The molecule has 0 aromatic carbocycles. The molecule has 1 heterocycles. The van der Waals surface area contributed by atoms with Crippen LogP contribution in [0.15, 0.2) is 0 Å². The highest BCUT2D eigenvalue weighted by Crippen LogP contribution is 2.13. The van der Waals surface area contributed by atoms with Crippen LogP contribution in [0.2, 0.25) is 0 Å². The molecule has 1 saturated heterocycles. The highest BCUT2D eigenvalue weighted by atomic mass is 16.6. The van der Waals surface area contributed by atoms with Gasteiger partial charge in [-0.3, -0.25) is 9.69 Å². The van der Waals surface area contributed by atoms with Crippen molar-refractivity contribution in [2.45, 2.75) is 52.2 Å². The molecular formula is C13H26N2O2. The number of hydrogen-bond donors (Lipinski definition) is 1. The largest absolute Gasteiger partial charge is 0.459 e. The number of esters is 1. The summed E-state index contributed by atoms with van der Waals surface area (Å²) in [4.78, 5) is 14.0. The average molecular weight is 242 g/mol. The van der Waals surface area contributed by atoms with Crippen LogP contribution in [0, 0.1) is 0 Å². The van der Waals surface area contributed by atoms with Crippen LogP contribution in [0.3, 0.4) is 0 Å². The van der Waals surface area contributed by atoms with Crippen molar-refractivity contribution < 1.29 is 9.53 Å². The number of rotatable bonds is 4. The van der Waals surface area contributed by atoms with Gasteiger partial charge in [0.15, 0.2) is 0 Å². The first-order chi connectivity index (χ1) is 7.92. The van der Waals surface area contributed by atoms with Gasteiger partial charge in [0.2, 0.25) is 0 Å². The number of piperidine rings is 1. The van der Waals surface area contributed by atoms with Crippen LogP contribution in [0.4, 0.5) is 0 Å². The molecule has 0 spiro atoms. The van der Waals surface area contributed by atoms with E-state index in [9.17, 15) is 4.79 Å². The van der Waals surface area contributed by atoms with Crippen molar-refractivity contribution in [3.05, 3.63) is 0 Å². The van der Waals surface area contributed by atoms with Crippen LogP contribution < -0.4 is 5.32 Å². The van der Waals surface area contributed by atoms with Gasteiger partial charge in [-0.1, -0.05) is 6.92 Å². The van der Waals surface area contributed by atoms with Gasteiger partial charge in [0.25, 0.3) is 0 Å². The van der Waals surface area contributed by atoms with E-state index in [1.54, 1.807) is 0 Å². The minimum absolute atomic E-state index is 0.113. The molecule has 0 aromatic rings. The average Bonchev–Trinajstić information content (AvgIpc) is 2.24. The minimum atomic E-state index is -0.384. The molecule has 17 heavy (non-hydrogen) atoms. The van der Waals surface area contributed by atoms with Crippen molar-refractivity contribution in [3.63, 3.8) is 0 Å².